The van der Waals surface area contributed by atoms with Gasteiger partial charge >= 0.3 is 0 Å². The third-order valence-corrected chi connectivity index (χ3v) is 4.63. The lowest BCUT2D eigenvalue weighted by molar-refractivity contribution is 0.602. The lowest BCUT2D eigenvalue weighted by Gasteiger charge is -2.06. The Labute approximate surface area is 132 Å². The lowest BCUT2D eigenvalue weighted by Crippen LogP contribution is -1.96. The lowest BCUT2D eigenvalue weighted by atomic mass is 10.0. The Morgan fingerprint density at radius 2 is 1.57 bits per heavy atom. The van der Waals surface area contributed by atoms with E-state index in [1.807, 2.05) is 0 Å². The van der Waals surface area contributed by atoms with Crippen molar-refractivity contribution in [2.24, 2.45) is 0 Å². The molecule has 23 heavy (non-hydrogen) atoms. The van der Waals surface area contributed by atoms with E-state index in [1.165, 1.54) is 24.3 Å². The van der Waals surface area contributed by atoms with Gasteiger partial charge in [-0.15, -0.1) is 0 Å². The molecule has 7 heteroatoms. The van der Waals surface area contributed by atoms with E-state index in [4.69, 9.17) is 5.73 Å². The van der Waals surface area contributed by atoms with E-state index in [9.17, 15) is 12.8 Å². The van der Waals surface area contributed by atoms with Crippen LogP contribution < -0.4 is 5.73 Å². The number of nitrogens with zero attached hydrogens (tertiary/aromatic N) is 1. The fourth-order valence-corrected chi connectivity index (χ4v) is 2.97. The van der Waals surface area contributed by atoms with E-state index in [-0.39, 0.29) is 10.7 Å². The van der Waals surface area contributed by atoms with Crippen LogP contribution in [0.1, 0.15) is 0 Å². The Morgan fingerprint density at radius 1 is 1.00 bits per heavy atom. The predicted octanol–water partition coefficient (Wildman–Crippen LogP) is 2.87. The van der Waals surface area contributed by atoms with Gasteiger partial charge in [0.05, 0.1) is 16.2 Å². The number of nitrogens with one attached hydrogen (secondary N) is 1. The topological polar surface area (TPSA) is 88.8 Å². The average molecular weight is 331 g/mol. The fourth-order valence-electron chi connectivity index (χ4n) is 2.34. The first-order valence-corrected chi connectivity index (χ1v) is 8.65. The summed E-state index contributed by atoms with van der Waals surface area (Å²) in [5.74, 6) is -0.0475. The van der Waals surface area contributed by atoms with Crippen molar-refractivity contribution in [1.82, 2.24) is 10.2 Å². The number of nitrogen functional groups attached to an aromatic ring is 1. The summed E-state index contributed by atoms with van der Waals surface area (Å²) in [6.07, 6.45) is 1.15. The molecule has 2 aromatic carbocycles. The number of rotatable bonds is 3. The van der Waals surface area contributed by atoms with E-state index in [0.29, 0.717) is 17.1 Å². The maximum absolute atomic E-state index is 13.1. The third-order valence-electron chi connectivity index (χ3n) is 3.50. The van der Waals surface area contributed by atoms with Crippen molar-refractivity contribution in [2.75, 3.05) is 12.0 Å². The molecular weight excluding hydrogens is 317 g/mol. The summed E-state index contributed by atoms with van der Waals surface area (Å²) in [4.78, 5) is 0.233. The zero-order valence-electron chi connectivity index (χ0n) is 12.2. The average Bonchev–Trinajstić information content (AvgIpc) is 2.89. The quantitative estimate of drug-likeness (QED) is 0.772. The number of hydrogen-bond donors (Lipinski definition) is 2. The third kappa shape index (κ3) is 2.95. The molecule has 0 aliphatic carbocycles. The number of halogens is 1. The van der Waals surface area contributed by atoms with Crippen LogP contribution >= 0.6 is 0 Å². The Balaban J connectivity index is 2.10. The van der Waals surface area contributed by atoms with Gasteiger partial charge in [0, 0.05) is 11.8 Å². The van der Waals surface area contributed by atoms with Gasteiger partial charge < -0.3 is 5.73 Å². The Kier molecular flexibility index (Phi) is 3.65. The highest BCUT2D eigenvalue weighted by Gasteiger charge is 2.15. The molecule has 0 fully saturated rings. The number of H-pyrrole nitrogens is 1. The van der Waals surface area contributed by atoms with Crippen molar-refractivity contribution in [3.63, 3.8) is 0 Å². The summed E-state index contributed by atoms with van der Waals surface area (Å²) in [6.45, 7) is 0. The van der Waals surface area contributed by atoms with Crippen LogP contribution in [-0.2, 0) is 9.84 Å². The van der Waals surface area contributed by atoms with Gasteiger partial charge in [-0.05, 0) is 29.8 Å². The molecule has 3 N–H and O–H groups in total. The monoisotopic (exact) mass is 331 g/mol. The van der Waals surface area contributed by atoms with Gasteiger partial charge in [-0.3, -0.25) is 5.10 Å². The van der Waals surface area contributed by atoms with Crippen LogP contribution in [-0.4, -0.2) is 24.9 Å². The highest BCUT2D eigenvalue weighted by Crippen LogP contribution is 2.34. The zero-order chi connectivity index (χ0) is 16.6. The van der Waals surface area contributed by atoms with E-state index in [2.05, 4.69) is 10.2 Å². The van der Waals surface area contributed by atoms with Crippen LogP contribution in [0.2, 0.25) is 0 Å². The van der Waals surface area contributed by atoms with Crippen LogP contribution in [0.4, 0.5) is 10.2 Å². The maximum Gasteiger partial charge on any atom is 0.175 e. The number of aromatic nitrogens is 2. The van der Waals surface area contributed by atoms with E-state index in [1.54, 1.807) is 24.3 Å². The Morgan fingerprint density at radius 3 is 2.13 bits per heavy atom. The molecule has 0 spiro atoms. The normalized spacial score (nSPS) is 11.6. The number of benzene rings is 2. The van der Waals surface area contributed by atoms with E-state index < -0.39 is 9.84 Å². The number of nitrogens with two attached hydrogens (primary N) is 1. The van der Waals surface area contributed by atoms with E-state index in [0.717, 1.165) is 17.4 Å². The largest absolute Gasteiger partial charge is 0.382 e. The molecule has 0 bridgehead atoms. The molecule has 0 atom stereocenters. The second-order valence-electron chi connectivity index (χ2n) is 5.16. The summed E-state index contributed by atoms with van der Waals surface area (Å²) in [5, 5.41) is 6.85. The van der Waals surface area contributed by atoms with Gasteiger partial charge in [-0.1, -0.05) is 24.3 Å². The van der Waals surface area contributed by atoms with Crippen molar-refractivity contribution in [1.29, 1.82) is 0 Å². The number of aromatic amines is 1. The van der Waals surface area contributed by atoms with Crippen molar-refractivity contribution < 1.29 is 12.8 Å². The Bertz CT molecular complexity index is 946. The molecule has 3 aromatic rings. The van der Waals surface area contributed by atoms with Crippen molar-refractivity contribution in [3.8, 4) is 22.4 Å². The zero-order valence-corrected chi connectivity index (χ0v) is 13.1. The molecule has 0 saturated carbocycles. The van der Waals surface area contributed by atoms with Crippen LogP contribution in [0.3, 0.4) is 0 Å². The molecule has 1 heterocycles. The second kappa shape index (κ2) is 5.51. The highest BCUT2D eigenvalue weighted by molar-refractivity contribution is 7.90. The Hall–Kier alpha value is -2.67. The van der Waals surface area contributed by atoms with E-state index >= 15 is 0 Å². The first-order valence-electron chi connectivity index (χ1n) is 6.76. The van der Waals surface area contributed by atoms with Gasteiger partial charge in [0.2, 0.25) is 0 Å². The smallest absolute Gasteiger partial charge is 0.175 e. The highest BCUT2D eigenvalue weighted by atomic mass is 32.2. The number of anilines is 1. The van der Waals surface area contributed by atoms with Gasteiger partial charge in [0.25, 0.3) is 0 Å². The van der Waals surface area contributed by atoms with Crippen molar-refractivity contribution >= 4 is 15.7 Å². The molecule has 0 radical (unpaired) electrons. The minimum absolute atomic E-state index is 0.233. The molecule has 0 aliphatic rings. The standard InChI is InChI=1S/C16H14FN3O2S/c1-23(21,22)13-8-4-11(5-9-13)15-14(16(18)20-19-15)10-2-6-12(17)7-3-10/h2-9H,1H3,(H3,18,19,20). The van der Waals surface area contributed by atoms with Crippen molar-refractivity contribution in [3.05, 3.63) is 54.3 Å². The second-order valence-corrected chi connectivity index (χ2v) is 7.18. The molecular formula is C16H14FN3O2S. The molecule has 0 aliphatic heterocycles. The summed E-state index contributed by atoms with van der Waals surface area (Å²) in [6, 6.07) is 12.3. The fraction of sp³-hybridized carbons (Fsp3) is 0.0625. The molecule has 3 rings (SSSR count). The first-order chi connectivity index (χ1) is 10.9. The van der Waals surface area contributed by atoms with Crippen LogP contribution in [0.5, 0.6) is 0 Å². The number of sulfone groups is 1. The van der Waals surface area contributed by atoms with Gasteiger partial charge in [0.15, 0.2) is 15.7 Å². The molecule has 5 nitrogen and oxygen atoms in total. The van der Waals surface area contributed by atoms with Gasteiger partial charge in [-0.25, -0.2) is 12.8 Å². The molecule has 0 saturated heterocycles. The molecule has 1 aromatic heterocycles. The van der Waals surface area contributed by atoms with Gasteiger partial charge in [0.1, 0.15) is 5.82 Å². The minimum atomic E-state index is -3.26. The first kappa shape index (κ1) is 15.2. The number of hydrogen-bond acceptors (Lipinski definition) is 4. The molecule has 118 valence electrons. The molecule has 0 amide bonds. The van der Waals surface area contributed by atoms with Gasteiger partial charge in [-0.2, -0.15) is 5.10 Å². The van der Waals surface area contributed by atoms with Crippen LogP contribution in [0.25, 0.3) is 22.4 Å². The minimum Gasteiger partial charge on any atom is -0.382 e. The maximum atomic E-state index is 13.1. The van der Waals surface area contributed by atoms with Crippen LogP contribution in [0.15, 0.2) is 53.4 Å². The molecule has 0 unspecified atom stereocenters. The SMILES string of the molecule is CS(=O)(=O)c1ccc(-c2[nH]nc(N)c2-c2ccc(F)cc2)cc1. The summed E-state index contributed by atoms with van der Waals surface area (Å²) < 4.78 is 36.2. The summed E-state index contributed by atoms with van der Waals surface area (Å²) in [7, 11) is -3.26. The summed E-state index contributed by atoms with van der Waals surface area (Å²) in [5.41, 5.74) is 8.67. The van der Waals surface area contributed by atoms with Crippen LogP contribution in [0, 0.1) is 5.82 Å². The predicted molar refractivity (Wildman–Crippen MR) is 86.9 cm³/mol. The van der Waals surface area contributed by atoms with Crippen molar-refractivity contribution in [2.45, 2.75) is 4.90 Å². The summed E-state index contributed by atoms with van der Waals surface area (Å²) >= 11 is 0.